The molecule has 0 spiro atoms. The number of amides is 1. The highest BCUT2D eigenvalue weighted by Crippen LogP contribution is 2.24. The third-order valence-electron chi connectivity index (χ3n) is 5.63. The Morgan fingerprint density at radius 2 is 1.78 bits per heavy atom. The van der Waals surface area contributed by atoms with Crippen LogP contribution in [0, 0.1) is 18.7 Å². The standard InChI is InChI=1S/C23H27FN2O5S/c1-15-5-3-4-6-20(15)25-22(27)14-31-23(28)17-8-7-16(2)21(13-17)26-32(29,30)19-11-9-18(24)10-12-19/h7-13,15,20,26H,3-6,14H2,1-2H3,(H,25,27)/t15-,20+/m0/s1. The summed E-state index contributed by atoms with van der Waals surface area (Å²) in [5.74, 6) is -1.26. The first-order valence-electron chi connectivity index (χ1n) is 10.5. The summed E-state index contributed by atoms with van der Waals surface area (Å²) in [6.07, 6.45) is 4.19. The molecule has 0 radical (unpaired) electrons. The van der Waals surface area contributed by atoms with E-state index in [0.717, 1.165) is 49.9 Å². The van der Waals surface area contributed by atoms with E-state index >= 15 is 0 Å². The van der Waals surface area contributed by atoms with Gasteiger partial charge in [0.1, 0.15) is 5.82 Å². The smallest absolute Gasteiger partial charge is 0.338 e. The average Bonchev–Trinajstić information content (AvgIpc) is 2.75. The van der Waals surface area contributed by atoms with Crippen molar-refractivity contribution in [3.63, 3.8) is 0 Å². The number of anilines is 1. The van der Waals surface area contributed by atoms with Crippen LogP contribution in [0.15, 0.2) is 47.4 Å². The number of esters is 1. The van der Waals surface area contributed by atoms with Gasteiger partial charge < -0.3 is 10.1 Å². The fraction of sp³-hybridized carbons (Fsp3) is 0.391. The first-order valence-corrected chi connectivity index (χ1v) is 12.0. The van der Waals surface area contributed by atoms with E-state index in [9.17, 15) is 22.4 Å². The molecule has 0 unspecified atom stereocenters. The van der Waals surface area contributed by atoms with Crippen LogP contribution in [0.1, 0.15) is 48.5 Å². The topological polar surface area (TPSA) is 102 Å². The maximum atomic E-state index is 13.1. The Labute approximate surface area is 187 Å². The number of ether oxygens (including phenoxy) is 1. The number of rotatable bonds is 7. The van der Waals surface area contributed by atoms with Gasteiger partial charge in [0.05, 0.1) is 16.1 Å². The zero-order chi connectivity index (χ0) is 23.3. The molecule has 0 saturated heterocycles. The largest absolute Gasteiger partial charge is 0.452 e. The molecule has 0 heterocycles. The number of hydrogen-bond donors (Lipinski definition) is 2. The predicted molar refractivity (Wildman–Crippen MR) is 118 cm³/mol. The number of sulfonamides is 1. The predicted octanol–water partition coefficient (Wildman–Crippen LogP) is 3.79. The number of carbonyl (C=O) groups excluding carboxylic acids is 2. The van der Waals surface area contributed by atoms with Crippen LogP contribution in [-0.2, 0) is 19.6 Å². The van der Waals surface area contributed by atoms with Gasteiger partial charge in [0.25, 0.3) is 15.9 Å². The summed E-state index contributed by atoms with van der Waals surface area (Å²) in [5.41, 5.74) is 0.867. The molecule has 0 bridgehead atoms. The van der Waals surface area contributed by atoms with E-state index in [2.05, 4.69) is 17.0 Å². The summed E-state index contributed by atoms with van der Waals surface area (Å²) in [5, 5.41) is 2.91. The van der Waals surface area contributed by atoms with E-state index in [1.807, 2.05) is 0 Å². The van der Waals surface area contributed by atoms with E-state index in [4.69, 9.17) is 4.74 Å². The van der Waals surface area contributed by atoms with Crippen LogP contribution in [0.5, 0.6) is 0 Å². The first kappa shape index (κ1) is 23.7. The number of halogens is 1. The Morgan fingerprint density at radius 1 is 1.09 bits per heavy atom. The van der Waals surface area contributed by atoms with Crippen molar-refractivity contribution in [2.75, 3.05) is 11.3 Å². The second kappa shape index (κ2) is 10.1. The van der Waals surface area contributed by atoms with Crippen molar-refractivity contribution in [3.05, 3.63) is 59.4 Å². The van der Waals surface area contributed by atoms with Gasteiger partial charge in [-0.05, 0) is 67.6 Å². The molecule has 1 aliphatic rings. The van der Waals surface area contributed by atoms with Gasteiger partial charge in [-0.2, -0.15) is 0 Å². The van der Waals surface area contributed by atoms with Crippen LogP contribution < -0.4 is 10.0 Å². The molecule has 32 heavy (non-hydrogen) atoms. The molecule has 1 saturated carbocycles. The number of hydrogen-bond acceptors (Lipinski definition) is 5. The molecule has 0 aliphatic heterocycles. The van der Waals surface area contributed by atoms with Crippen LogP contribution in [0.4, 0.5) is 10.1 Å². The van der Waals surface area contributed by atoms with Gasteiger partial charge in [0.15, 0.2) is 6.61 Å². The Kier molecular flexibility index (Phi) is 7.50. The summed E-state index contributed by atoms with van der Waals surface area (Å²) >= 11 is 0. The average molecular weight is 463 g/mol. The summed E-state index contributed by atoms with van der Waals surface area (Å²) in [6, 6.07) is 8.90. The van der Waals surface area contributed by atoms with Crippen LogP contribution in [-0.4, -0.2) is 32.9 Å². The Bertz CT molecular complexity index is 1090. The molecule has 7 nitrogen and oxygen atoms in total. The Balaban J connectivity index is 1.63. The maximum absolute atomic E-state index is 13.1. The minimum atomic E-state index is -3.98. The van der Waals surface area contributed by atoms with Crippen molar-refractivity contribution < 1.29 is 27.1 Å². The molecule has 2 aromatic carbocycles. The molecule has 1 aliphatic carbocycles. The molecular formula is C23H27FN2O5S. The van der Waals surface area contributed by atoms with Gasteiger partial charge in [-0.15, -0.1) is 0 Å². The number of carbonyl (C=O) groups is 2. The SMILES string of the molecule is Cc1ccc(C(=O)OCC(=O)N[C@@H]2CCCC[C@@H]2C)cc1NS(=O)(=O)c1ccc(F)cc1. The molecule has 0 aromatic heterocycles. The number of nitrogens with one attached hydrogen (secondary N) is 2. The van der Waals surface area contributed by atoms with Gasteiger partial charge in [-0.25, -0.2) is 17.6 Å². The van der Waals surface area contributed by atoms with Crippen LogP contribution >= 0.6 is 0 Å². The van der Waals surface area contributed by atoms with E-state index in [0.29, 0.717) is 11.5 Å². The van der Waals surface area contributed by atoms with Crippen molar-refractivity contribution in [1.82, 2.24) is 5.32 Å². The van der Waals surface area contributed by atoms with Crippen molar-refractivity contribution in [2.45, 2.75) is 50.5 Å². The molecule has 3 rings (SSSR count). The summed E-state index contributed by atoms with van der Waals surface area (Å²) in [4.78, 5) is 24.5. The fourth-order valence-corrected chi connectivity index (χ4v) is 4.79. The van der Waals surface area contributed by atoms with Crippen molar-refractivity contribution >= 4 is 27.6 Å². The maximum Gasteiger partial charge on any atom is 0.338 e. The molecule has 2 aromatic rings. The molecule has 1 fully saturated rings. The van der Waals surface area contributed by atoms with E-state index in [1.54, 1.807) is 13.0 Å². The van der Waals surface area contributed by atoms with E-state index in [1.165, 1.54) is 12.1 Å². The lowest BCUT2D eigenvalue weighted by Crippen LogP contribution is -2.42. The van der Waals surface area contributed by atoms with Gasteiger partial charge in [-0.1, -0.05) is 25.8 Å². The molecular weight excluding hydrogens is 435 g/mol. The summed E-state index contributed by atoms with van der Waals surface area (Å²) in [6.45, 7) is 3.36. The lowest BCUT2D eigenvalue weighted by atomic mass is 9.86. The monoisotopic (exact) mass is 462 g/mol. The summed E-state index contributed by atoms with van der Waals surface area (Å²) < 4.78 is 45.8. The molecule has 2 N–H and O–H groups in total. The van der Waals surface area contributed by atoms with Gasteiger partial charge in [-0.3, -0.25) is 9.52 Å². The zero-order valence-electron chi connectivity index (χ0n) is 18.1. The van der Waals surface area contributed by atoms with Crippen LogP contribution in [0.3, 0.4) is 0 Å². The summed E-state index contributed by atoms with van der Waals surface area (Å²) in [7, 11) is -3.98. The molecule has 172 valence electrons. The lowest BCUT2D eigenvalue weighted by molar-refractivity contribution is -0.125. The van der Waals surface area contributed by atoms with Gasteiger partial charge in [0, 0.05) is 6.04 Å². The van der Waals surface area contributed by atoms with Gasteiger partial charge >= 0.3 is 5.97 Å². The molecule has 1 amide bonds. The molecule has 2 atom stereocenters. The van der Waals surface area contributed by atoms with Crippen molar-refractivity contribution in [2.24, 2.45) is 5.92 Å². The first-order chi connectivity index (χ1) is 15.2. The second-order valence-corrected chi connectivity index (χ2v) is 9.78. The highest BCUT2D eigenvalue weighted by molar-refractivity contribution is 7.92. The van der Waals surface area contributed by atoms with Crippen LogP contribution in [0.2, 0.25) is 0 Å². The second-order valence-electron chi connectivity index (χ2n) is 8.10. The third-order valence-corrected chi connectivity index (χ3v) is 7.02. The van der Waals surface area contributed by atoms with E-state index < -0.39 is 28.4 Å². The highest BCUT2D eigenvalue weighted by Gasteiger charge is 2.23. The minimum Gasteiger partial charge on any atom is -0.452 e. The van der Waals surface area contributed by atoms with Gasteiger partial charge in [0.2, 0.25) is 0 Å². The fourth-order valence-electron chi connectivity index (χ4n) is 3.67. The van der Waals surface area contributed by atoms with E-state index in [-0.39, 0.29) is 28.1 Å². The third kappa shape index (κ3) is 6.06. The molecule has 9 heteroatoms. The zero-order valence-corrected chi connectivity index (χ0v) is 18.9. The number of benzene rings is 2. The van der Waals surface area contributed by atoms with Crippen molar-refractivity contribution in [3.8, 4) is 0 Å². The van der Waals surface area contributed by atoms with Crippen molar-refractivity contribution in [1.29, 1.82) is 0 Å². The highest BCUT2D eigenvalue weighted by atomic mass is 32.2. The normalized spacial score (nSPS) is 18.6. The minimum absolute atomic E-state index is 0.0850. The quantitative estimate of drug-likeness (QED) is 0.610. The number of aryl methyl sites for hydroxylation is 1. The Hall–Kier alpha value is -2.94. The Morgan fingerprint density at radius 3 is 2.47 bits per heavy atom. The lowest BCUT2D eigenvalue weighted by Gasteiger charge is -2.29. The van der Waals surface area contributed by atoms with Crippen LogP contribution in [0.25, 0.3) is 0 Å².